The van der Waals surface area contributed by atoms with Gasteiger partial charge in [0.05, 0.1) is 4.83 Å². The molecule has 1 amide bonds. The molecule has 88 valence electrons. The summed E-state index contributed by atoms with van der Waals surface area (Å²) < 4.78 is 0. The Hall–Kier alpha value is -0.0500. The molecule has 0 saturated carbocycles. The summed E-state index contributed by atoms with van der Waals surface area (Å²) in [6.45, 7) is 11.7. The molecular formula is C12H22BrNO. The van der Waals surface area contributed by atoms with Crippen LogP contribution >= 0.6 is 15.9 Å². The molecule has 3 heteroatoms. The van der Waals surface area contributed by atoms with Gasteiger partial charge in [-0.05, 0) is 24.7 Å². The monoisotopic (exact) mass is 275 g/mol. The highest BCUT2D eigenvalue weighted by Crippen LogP contribution is 2.31. The van der Waals surface area contributed by atoms with Gasteiger partial charge in [0.25, 0.3) is 0 Å². The van der Waals surface area contributed by atoms with E-state index in [0.29, 0.717) is 23.8 Å². The topological polar surface area (TPSA) is 20.3 Å². The van der Waals surface area contributed by atoms with Crippen LogP contribution in [-0.4, -0.2) is 28.2 Å². The van der Waals surface area contributed by atoms with E-state index < -0.39 is 0 Å². The molecule has 0 spiro atoms. The lowest BCUT2D eigenvalue weighted by Gasteiger charge is -2.27. The zero-order chi connectivity index (χ0) is 11.7. The maximum atomic E-state index is 12.2. The molecule has 2 nitrogen and oxygen atoms in total. The average molecular weight is 276 g/mol. The van der Waals surface area contributed by atoms with Crippen molar-refractivity contribution in [1.29, 1.82) is 0 Å². The Balaban J connectivity index is 2.70. The van der Waals surface area contributed by atoms with Crippen molar-refractivity contribution < 1.29 is 4.79 Å². The van der Waals surface area contributed by atoms with Crippen LogP contribution < -0.4 is 0 Å². The molecule has 15 heavy (non-hydrogen) atoms. The van der Waals surface area contributed by atoms with Crippen molar-refractivity contribution in [3.8, 4) is 0 Å². The summed E-state index contributed by atoms with van der Waals surface area (Å²) in [6.07, 6.45) is 0. The molecule has 0 radical (unpaired) electrons. The van der Waals surface area contributed by atoms with Gasteiger partial charge in [0.2, 0.25) is 5.91 Å². The van der Waals surface area contributed by atoms with Gasteiger partial charge < -0.3 is 4.90 Å². The first-order valence-corrected chi connectivity index (χ1v) is 6.72. The fourth-order valence-electron chi connectivity index (χ4n) is 2.14. The highest BCUT2D eigenvalue weighted by atomic mass is 79.9. The molecular weight excluding hydrogens is 254 g/mol. The third-order valence-electron chi connectivity index (χ3n) is 3.74. The predicted molar refractivity (Wildman–Crippen MR) is 67.1 cm³/mol. The number of likely N-dealkylation sites (tertiary alicyclic amines) is 1. The molecule has 0 aliphatic carbocycles. The van der Waals surface area contributed by atoms with Crippen LogP contribution in [0.4, 0.5) is 0 Å². The lowest BCUT2D eigenvalue weighted by Crippen LogP contribution is -2.41. The Bertz CT molecular complexity index is 242. The van der Waals surface area contributed by atoms with E-state index in [1.807, 2.05) is 4.90 Å². The smallest absolute Gasteiger partial charge is 0.236 e. The van der Waals surface area contributed by atoms with Gasteiger partial charge in [0.15, 0.2) is 0 Å². The Morgan fingerprint density at radius 1 is 1.33 bits per heavy atom. The Labute approximate surface area is 102 Å². The number of halogens is 1. The molecule has 1 aliphatic rings. The first-order chi connectivity index (χ1) is 6.86. The van der Waals surface area contributed by atoms with E-state index >= 15 is 0 Å². The van der Waals surface area contributed by atoms with Gasteiger partial charge >= 0.3 is 0 Å². The van der Waals surface area contributed by atoms with Crippen LogP contribution in [0.5, 0.6) is 0 Å². The van der Waals surface area contributed by atoms with Gasteiger partial charge in [-0.1, -0.05) is 43.6 Å². The molecule has 0 bridgehead atoms. The van der Waals surface area contributed by atoms with Gasteiger partial charge in [0.1, 0.15) is 0 Å². The zero-order valence-corrected chi connectivity index (χ0v) is 11.9. The van der Waals surface area contributed by atoms with E-state index in [1.54, 1.807) is 0 Å². The highest BCUT2D eigenvalue weighted by Gasteiger charge is 2.38. The summed E-state index contributed by atoms with van der Waals surface area (Å²) in [7, 11) is 0. The molecule has 1 heterocycles. The largest absolute Gasteiger partial charge is 0.338 e. The number of nitrogens with zero attached hydrogens (tertiary/aromatic N) is 1. The molecule has 0 aromatic heterocycles. The third-order valence-corrected chi connectivity index (χ3v) is 5.19. The molecule has 1 rings (SSSR count). The molecule has 1 saturated heterocycles. The van der Waals surface area contributed by atoms with Crippen LogP contribution in [0.15, 0.2) is 0 Å². The lowest BCUT2D eigenvalue weighted by atomic mass is 9.95. The van der Waals surface area contributed by atoms with Crippen molar-refractivity contribution in [3.05, 3.63) is 0 Å². The number of carbonyl (C=O) groups is 1. The van der Waals surface area contributed by atoms with E-state index in [4.69, 9.17) is 0 Å². The highest BCUT2D eigenvalue weighted by molar-refractivity contribution is 9.10. The lowest BCUT2D eigenvalue weighted by molar-refractivity contribution is -0.132. The number of rotatable bonds is 2. The summed E-state index contributed by atoms with van der Waals surface area (Å²) in [5, 5.41) is 0. The van der Waals surface area contributed by atoms with Crippen molar-refractivity contribution in [2.45, 2.75) is 45.5 Å². The van der Waals surface area contributed by atoms with Crippen molar-refractivity contribution in [1.82, 2.24) is 4.90 Å². The number of hydrogen-bond donors (Lipinski definition) is 0. The average Bonchev–Trinajstić information content (AvgIpc) is 2.43. The first kappa shape index (κ1) is 13.0. The summed E-state index contributed by atoms with van der Waals surface area (Å²) in [5.74, 6) is 1.85. The minimum Gasteiger partial charge on any atom is -0.338 e. The predicted octanol–water partition coefficient (Wildman–Crippen LogP) is 2.91. The molecule has 1 fully saturated rings. The number of carbonyl (C=O) groups excluding carboxylic acids is 1. The first-order valence-electron chi connectivity index (χ1n) is 5.80. The summed E-state index contributed by atoms with van der Waals surface area (Å²) in [4.78, 5) is 14.2. The van der Waals surface area contributed by atoms with Gasteiger partial charge in [-0.15, -0.1) is 0 Å². The minimum atomic E-state index is -0.0301. The second-order valence-electron chi connectivity index (χ2n) is 5.21. The van der Waals surface area contributed by atoms with E-state index in [-0.39, 0.29) is 10.7 Å². The van der Waals surface area contributed by atoms with Gasteiger partial charge in [0, 0.05) is 12.6 Å². The number of amides is 1. The Morgan fingerprint density at radius 2 is 1.87 bits per heavy atom. The van der Waals surface area contributed by atoms with Crippen LogP contribution in [0.3, 0.4) is 0 Å². The molecule has 1 aliphatic heterocycles. The van der Waals surface area contributed by atoms with Gasteiger partial charge in [-0.3, -0.25) is 4.79 Å². The Morgan fingerprint density at radius 3 is 2.20 bits per heavy atom. The molecule has 4 atom stereocenters. The molecule has 0 aromatic rings. The quantitative estimate of drug-likeness (QED) is 0.710. The third kappa shape index (κ3) is 2.55. The number of hydrogen-bond acceptors (Lipinski definition) is 1. The Kier molecular flexibility index (Phi) is 4.21. The fourth-order valence-corrected chi connectivity index (χ4v) is 2.40. The second kappa shape index (κ2) is 4.86. The van der Waals surface area contributed by atoms with Crippen molar-refractivity contribution >= 4 is 21.8 Å². The SMILES string of the molecule is CC(C)C(Br)C(=O)N1CC(C)C(C)C1C. The van der Waals surface area contributed by atoms with Crippen molar-refractivity contribution in [2.75, 3.05) is 6.54 Å². The van der Waals surface area contributed by atoms with Crippen LogP contribution in [0.2, 0.25) is 0 Å². The maximum absolute atomic E-state index is 12.2. The molecule has 0 N–H and O–H groups in total. The van der Waals surface area contributed by atoms with Crippen LogP contribution in [0, 0.1) is 17.8 Å². The zero-order valence-electron chi connectivity index (χ0n) is 10.3. The van der Waals surface area contributed by atoms with Crippen LogP contribution in [-0.2, 0) is 4.79 Å². The second-order valence-corrected chi connectivity index (χ2v) is 6.20. The van der Waals surface area contributed by atoms with Gasteiger partial charge in [-0.2, -0.15) is 0 Å². The maximum Gasteiger partial charge on any atom is 0.236 e. The number of alkyl halides is 1. The normalized spacial score (nSPS) is 33.5. The summed E-state index contributed by atoms with van der Waals surface area (Å²) in [6, 6.07) is 0.381. The van der Waals surface area contributed by atoms with Crippen LogP contribution in [0.1, 0.15) is 34.6 Å². The summed E-state index contributed by atoms with van der Waals surface area (Å²) in [5.41, 5.74) is 0. The van der Waals surface area contributed by atoms with Gasteiger partial charge in [-0.25, -0.2) is 0 Å². The summed E-state index contributed by atoms with van der Waals surface area (Å²) >= 11 is 3.49. The molecule has 0 aromatic carbocycles. The molecule has 4 unspecified atom stereocenters. The minimum absolute atomic E-state index is 0.0301. The van der Waals surface area contributed by atoms with Crippen molar-refractivity contribution in [2.24, 2.45) is 17.8 Å². The van der Waals surface area contributed by atoms with E-state index in [2.05, 4.69) is 50.5 Å². The van der Waals surface area contributed by atoms with E-state index in [1.165, 1.54) is 0 Å². The fraction of sp³-hybridized carbons (Fsp3) is 0.917. The van der Waals surface area contributed by atoms with E-state index in [0.717, 1.165) is 6.54 Å². The van der Waals surface area contributed by atoms with Crippen molar-refractivity contribution in [3.63, 3.8) is 0 Å². The van der Waals surface area contributed by atoms with E-state index in [9.17, 15) is 4.79 Å². The van der Waals surface area contributed by atoms with Crippen LogP contribution in [0.25, 0.3) is 0 Å². The standard InChI is InChI=1S/C12H22BrNO/c1-7(2)11(13)12(15)14-6-8(3)9(4)10(14)5/h7-11H,6H2,1-5H3.